The minimum atomic E-state index is -1.45. The van der Waals surface area contributed by atoms with Crippen LogP contribution in [0.2, 0.25) is 5.02 Å². The molecule has 1 amide bonds. The normalized spacial score (nSPS) is 11.0. The summed E-state index contributed by atoms with van der Waals surface area (Å²) >= 11 is 5.67. The van der Waals surface area contributed by atoms with Crippen LogP contribution in [0.1, 0.15) is 37.0 Å². The molecule has 0 atom stereocenters. The van der Waals surface area contributed by atoms with E-state index in [1.54, 1.807) is 13.8 Å². The van der Waals surface area contributed by atoms with Crippen molar-refractivity contribution in [3.05, 3.63) is 38.9 Å². The number of nitro groups is 1. The molecule has 1 aromatic rings. The predicted molar refractivity (Wildman–Crippen MR) is 76.5 cm³/mol. The molecule has 0 radical (unpaired) electrons. The summed E-state index contributed by atoms with van der Waals surface area (Å²) in [7, 11) is 0. The van der Waals surface area contributed by atoms with E-state index in [1.807, 2.05) is 0 Å². The number of carbonyl (C=O) groups is 2. The van der Waals surface area contributed by atoms with E-state index in [0.29, 0.717) is 0 Å². The molecule has 0 spiro atoms. The summed E-state index contributed by atoms with van der Waals surface area (Å²) in [4.78, 5) is 33.8. The first-order valence-corrected chi connectivity index (χ1v) is 6.65. The van der Waals surface area contributed by atoms with Gasteiger partial charge in [-0.25, -0.2) is 4.79 Å². The van der Waals surface area contributed by atoms with Crippen LogP contribution in [-0.2, 0) is 4.79 Å². The van der Waals surface area contributed by atoms with Crippen molar-refractivity contribution >= 4 is 29.2 Å². The van der Waals surface area contributed by atoms with Gasteiger partial charge >= 0.3 is 5.97 Å². The third kappa shape index (κ3) is 3.49. The zero-order valence-corrected chi connectivity index (χ0v) is 12.3. The minimum Gasteiger partial charge on any atom is -0.480 e. The van der Waals surface area contributed by atoms with Gasteiger partial charge in [-0.1, -0.05) is 25.4 Å². The van der Waals surface area contributed by atoms with Crippen molar-refractivity contribution in [2.45, 2.75) is 32.2 Å². The van der Waals surface area contributed by atoms with Crippen molar-refractivity contribution in [1.29, 1.82) is 0 Å². The smallest absolute Gasteiger partial charge is 0.329 e. The second-order valence-electron chi connectivity index (χ2n) is 4.47. The van der Waals surface area contributed by atoms with Crippen LogP contribution in [0, 0.1) is 10.1 Å². The van der Waals surface area contributed by atoms with Crippen molar-refractivity contribution in [2.24, 2.45) is 0 Å². The highest BCUT2D eigenvalue weighted by Crippen LogP contribution is 2.24. The van der Waals surface area contributed by atoms with Gasteiger partial charge in [0.1, 0.15) is 11.1 Å². The average molecular weight is 315 g/mol. The number of carbonyl (C=O) groups excluding carboxylic acids is 1. The summed E-state index contributed by atoms with van der Waals surface area (Å²) in [5.74, 6) is -2.00. The Morgan fingerprint density at radius 3 is 2.38 bits per heavy atom. The summed E-state index contributed by atoms with van der Waals surface area (Å²) in [6.45, 7) is 3.24. The molecule has 7 nitrogen and oxygen atoms in total. The number of benzene rings is 1. The lowest BCUT2D eigenvalue weighted by Gasteiger charge is -2.27. The van der Waals surface area contributed by atoms with Gasteiger partial charge in [0.15, 0.2) is 0 Å². The Kier molecular flexibility index (Phi) is 5.26. The first kappa shape index (κ1) is 16.9. The van der Waals surface area contributed by atoms with Crippen LogP contribution in [0.3, 0.4) is 0 Å². The number of carboxylic acid groups (broad SMARTS) is 1. The Labute approximate surface area is 126 Å². The molecule has 2 N–H and O–H groups in total. The topological polar surface area (TPSA) is 110 Å². The molecule has 0 heterocycles. The van der Waals surface area contributed by atoms with Gasteiger partial charge in [0.2, 0.25) is 0 Å². The summed E-state index contributed by atoms with van der Waals surface area (Å²) in [6, 6.07) is 3.59. The van der Waals surface area contributed by atoms with E-state index in [9.17, 15) is 24.8 Å². The van der Waals surface area contributed by atoms with E-state index in [-0.39, 0.29) is 23.4 Å². The first-order valence-electron chi connectivity index (χ1n) is 6.27. The SMILES string of the molecule is CCC(CC)(NC(=O)c1ccc(Cl)cc1[N+](=O)[O-])C(=O)O. The Morgan fingerprint density at radius 2 is 1.95 bits per heavy atom. The molecular formula is C13H15ClN2O5. The van der Waals surface area contributed by atoms with Crippen molar-refractivity contribution < 1.29 is 19.6 Å². The number of hydrogen-bond donors (Lipinski definition) is 2. The fourth-order valence-corrected chi connectivity index (χ4v) is 2.08. The Hall–Kier alpha value is -2.15. The van der Waals surface area contributed by atoms with Crippen molar-refractivity contribution in [2.75, 3.05) is 0 Å². The highest BCUT2D eigenvalue weighted by Gasteiger charge is 2.37. The second-order valence-corrected chi connectivity index (χ2v) is 4.90. The zero-order valence-electron chi connectivity index (χ0n) is 11.6. The molecule has 0 aromatic heterocycles. The van der Waals surface area contributed by atoms with E-state index >= 15 is 0 Å². The predicted octanol–water partition coefficient (Wildman–Crippen LogP) is 2.62. The molecule has 0 unspecified atom stereocenters. The number of rotatable bonds is 6. The van der Waals surface area contributed by atoms with E-state index in [4.69, 9.17) is 11.6 Å². The average Bonchev–Trinajstić information content (AvgIpc) is 2.44. The Morgan fingerprint density at radius 1 is 1.38 bits per heavy atom. The van der Waals surface area contributed by atoms with Crippen LogP contribution >= 0.6 is 11.6 Å². The summed E-state index contributed by atoms with van der Waals surface area (Å²) in [6.07, 6.45) is 0.317. The molecule has 0 aliphatic rings. The molecule has 0 fully saturated rings. The van der Waals surface area contributed by atoms with Crippen LogP contribution in [0.4, 0.5) is 5.69 Å². The van der Waals surface area contributed by atoms with Gasteiger partial charge in [0.25, 0.3) is 11.6 Å². The van der Waals surface area contributed by atoms with Gasteiger partial charge in [-0.05, 0) is 25.0 Å². The fourth-order valence-electron chi connectivity index (χ4n) is 1.92. The number of amides is 1. The molecule has 8 heteroatoms. The molecule has 1 rings (SSSR count). The lowest BCUT2D eigenvalue weighted by Crippen LogP contribution is -2.53. The maximum Gasteiger partial charge on any atom is 0.329 e. The van der Waals surface area contributed by atoms with E-state index < -0.39 is 28.0 Å². The van der Waals surface area contributed by atoms with Gasteiger partial charge in [0, 0.05) is 11.1 Å². The quantitative estimate of drug-likeness (QED) is 0.619. The molecule has 1 aromatic carbocycles. The monoisotopic (exact) mass is 314 g/mol. The van der Waals surface area contributed by atoms with E-state index in [2.05, 4.69) is 5.32 Å². The molecule has 0 saturated carbocycles. The third-order valence-electron chi connectivity index (χ3n) is 3.37. The Bertz CT molecular complexity index is 584. The number of nitro benzene ring substituents is 1. The highest BCUT2D eigenvalue weighted by atomic mass is 35.5. The molecular weight excluding hydrogens is 300 g/mol. The zero-order chi connectivity index (χ0) is 16.2. The fraction of sp³-hybridized carbons (Fsp3) is 0.385. The number of nitrogens with zero attached hydrogens (tertiary/aromatic N) is 1. The van der Waals surface area contributed by atoms with Crippen LogP contribution in [-0.4, -0.2) is 27.4 Å². The standard InChI is InChI=1S/C13H15ClN2O5/c1-3-13(4-2,12(18)19)15-11(17)9-6-5-8(14)7-10(9)16(20)21/h5-7H,3-4H2,1-2H3,(H,15,17)(H,18,19). The van der Waals surface area contributed by atoms with Gasteiger partial charge in [-0.15, -0.1) is 0 Å². The van der Waals surface area contributed by atoms with Gasteiger partial charge in [0.05, 0.1) is 4.92 Å². The molecule has 0 bridgehead atoms. The van der Waals surface area contributed by atoms with Crippen molar-refractivity contribution in [3.63, 3.8) is 0 Å². The molecule has 0 aliphatic heterocycles. The number of nitrogens with one attached hydrogen (secondary N) is 1. The van der Waals surface area contributed by atoms with Crippen LogP contribution in [0.15, 0.2) is 18.2 Å². The van der Waals surface area contributed by atoms with Gasteiger partial charge < -0.3 is 10.4 Å². The largest absolute Gasteiger partial charge is 0.480 e. The molecule has 114 valence electrons. The highest BCUT2D eigenvalue weighted by molar-refractivity contribution is 6.31. The number of hydrogen-bond acceptors (Lipinski definition) is 4. The van der Waals surface area contributed by atoms with Crippen LogP contribution in [0.5, 0.6) is 0 Å². The summed E-state index contributed by atoms with van der Waals surface area (Å²) in [5, 5.41) is 22.7. The molecule has 0 aliphatic carbocycles. The summed E-state index contributed by atoms with van der Waals surface area (Å²) < 4.78 is 0. The lowest BCUT2D eigenvalue weighted by atomic mass is 9.92. The number of carboxylic acids is 1. The van der Waals surface area contributed by atoms with Gasteiger partial charge in [-0.2, -0.15) is 0 Å². The molecule has 21 heavy (non-hydrogen) atoms. The van der Waals surface area contributed by atoms with Crippen molar-refractivity contribution in [3.8, 4) is 0 Å². The van der Waals surface area contributed by atoms with E-state index in [1.165, 1.54) is 12.1 Å². The van der Waals surface area contributed by atoms with E-state index in [0.717, 1.165) is 6.07 Å². The van der Waals surface area contributed by atoms with Crippen LogP contribution in [0.25, 0.3) is 0 Å². The summed E-state index contributed by atoms with van der Waals surface area (Å²) in [5.41, 5.74) is -2.15. The van der Waals surface area contributed by atoms with Gasteiger partial charge in [-0.3, -0.25) is 14.9 Å². The lowest BCUT2D eigenvalue weighted by molar-refractivity contribution is -0.385. The second kappa shape index (κ2) is 6.53. The first-order chi connectivity index (χ1) is 9.77. The molecule has 0 saturated heterocycles. The number of aliphatic carboxylic acids is 1. The third-order valence-corrected chi connectivity index (χ3v) is 3.61. The van der Waals surface area contributed by atoms with Crippen molar-refractivity contribution in [1.82, 2.24) is 5.32 Å². The van der Waals surface area contributed by atoms with Crippen LogP contribution < -0.4 is 5.32 Å². The Balaban J connectivity index is 3.21. The maximum absolute atomic E-state index is 12.2. The maximum atomic E-state index is 12.2. The minimum absolute atomic E-state index is 0.119. The number of halogens is 1.